The maximum atomic E-state index is 10.7. The van der Waals surface area contributed by atoms with Gasteiger partial charge in [0.2, 0.25) is 0 Å². The number of aromatic nitrogens is 1. The molecule has 0 bridgehead atoms. The van der Waals surface area contributed by atoms with E-state index in [0.717, 1.165) is 27.8 Å². The third-order valence-corrected chi connectivity index (χ3v) is 6.18. The van der Waals surface area contributed by atoms with Crippen molar-refractivity contribution in [3.8, 4) is 5.75 Å². The number of hydrogen-bond donors (Lipinski definition) is 4. The zero-order chi connectivity index (χ0) is 23.0. The van der Waals surface area contributed by atoms with Crippen LogP contribution in [0.25, 0.3) is 10.9 Å². The quantitative estimate of drug-likeness (QED) is 0.450. The second-order valence-corrected chi connectivity index (χ2v) is 8.59. The van der Waals surface area contributed by atoms with E-state index in [-0.39, 0.29) is 0 Å². The zero-order valence-electron chi connectivity index (χ0n) is 18.0. The van der Waals surface area contributed by atoms with Gasteiger partial charge in [0, 0.05) is 23.7 Å². The Morgan fingerprint density at radius 1 is 1.06 bits per heavy atom. The molecular formula is C24H28ClNO6. The van der Waals surface area contributed by atoms with Crippen molar-refractivity contribution >= 4 is 22.5 Å². The molecule has 0 saturated carbocycles. The van der Waals surface area contributed by atoms with Crippen LogP contribution in [-0.2, 0) is 11.3 Å². The highest BCUT2D eigenvalue weighted by Crippen LogP contribution is 2.39. The van der Waals surface area contributed by atoms with Crippen LogP contribution in [0.5, 0.6) is 5.75 Å². The lowest BCUT2D eigenvalue weighted by Crippen LogP contribution is -2.55. The van der Waals surface area contributed by atoms with Crippen molar-refractivity contribution in [3.63, 3.8) is 0 Å². The van der Waals surface area contributed by atoms with Gasteiger partial charge in [-0.3, -0.25) is 0 Å². The third kappa shape index (κ3) is 4.24. The fraction of sp³-hybridized carbons (Fsp3) is 0.417. The van der Waals surface area contributed by atoms with Gasteiger partial charge in [-0.1, -0.05) is 23.7 Å². The van der Waals surface area contributed by atoms with Crippen LogP contribution in [0.4, 0.5) is 0 Å². The minimum absolute atomic E-state index is 0.480. The van der Waals surface area contributed by atoms with Crippen LogP contribution in [-0.4, -0.2) is 62.6 Å². The number of nitrogens with zero attached hydrogens (tertiary/aromatic N) is 1. The maximum absolute atomic E-state index is 10.7. The van der Waals surface area contributed by atoms with Gasteiger partial charge in [-0.15, -0.1) is 0 Å². The summed E-state index contributed by atoms with van der Waals surface area (Å²) in [4.78, 5) is 0. The van der Waals surface area contributed by atoms with E-state index in [1.54, 1.807) is 0 Å². The van der Waals surface area contributed by atoms with Gasteiger partial charge >= 0.3 is 0 Å². The predicted octanol–water partition coefficient (Wildman–Crippen LogP) is 2.57. The Hall–Kier alpha value is -2.13. The molecule has 0 unspecified atom stereocenters. The van der Waals surface area contributed by atoms with Crippen molar-refractivity contribution in [2.75, 3.05) is 13.2 Å². The summed E-state index contributed by atoms with van der Waals surface area (Å²) in [5.41, 5.74) is 3.38. The van der Waals surface area contributed by atoms with Crippen molar-refractivity contribution in [3.05, 3.63) is 64.3 Å². The molecule has 2 heterocycles. The van der Waals surface area contributed by atoms with E-state index in [9.17, 15) is 20.4 Å². The monoisotopic (exact) mass is 461 g/mol. The van der Waals surface area contributed by atoms with Gasteiger partial charge in [0.05, 0.1) is 23.8 Å². The molecule has 8 heteroatoms. The van der Waals surface area contributed by atoms with Crippen molar-refractivity contribution in [2.45, 2.75) is 50.9 Å². The van der Waals surface area contributed by atoms with Crippen LogP contribution in [0.15, 0.2) is 42.6 Å². The Balaban J connectivity index is 1.77. The normalized spacial score (nSPS) is 25.9. The highest BCUT2D eigenvalue weighted by molar-refractivity contribution is 6.35. The molecule has 0 amide bonds. The molecule has 0 aliphatic carbocycles. The van der Waals surface area contributed by atoms with Crippen LogP contribution >= 0.6 is 11.6 Å². The standard InChI is InChI=1S/C24H28ClNO6/c1-3-31-15-6-4-14(5-7-15)10-26-11-17(16-8-13(2)9-18(25)20(16)26)24-23(30)22(29)21(28)19(12-27)32-24/h4-9,11,19,21-24,27-30H,3,10,12H2,1-2H3/t19-,21-,22+,23-,24+/m1/s1. The lowest BCUT2D eigenvalue weighted by molar-refractivity contribution is -0.231. The number of halogens is 1. The molecule has 1 saturated heterocycles. The van der Waals surface area contributed by atoms with Crippen molar-refractivity contribution in [1.29, 1.82) is 0 Å². The first-order valence-electron chi connectivity index (χ1n) is 10.6. The fourth-order valence-corrected chi connectivity index (χ4v) is 4.70. The Morgan fingerprint density at radius 2 is 1.78 bits per heavy atom. The molecule has 3 aromatic rings. The molecule has 2 aromatic carbocycles. The highest BCUT2D eigenvalue weighted by Gasteiger charge is 2.44. The van der Waals surface area contributed by atoms with Crippen molar-refractivity contribution < 1.29 is 29.9 Å². The minimum Gasteiger partial charge on any atom is -0.494 e. The van der Waals surface area contributed by atoms with Gasteiger partial charge < -0.3 is 34.5 Å². The predicted molar refractivity (Wildman–Crippen MR) is 121 cm³/mol. The first-order valence-corrected chi connectivity index (χ1v) is 11.0. The third-order valence-electron chi connectivity index (χ3n) is 5.89. The molecule has 1 aromatic heterocycles. The highest BCUT2D eigenvalue weighted by atomic mass is 35.5. The number of benzene rings is 2. The van der Waals surface area contributed by atoms with E-state index in [4.69, 9.17) is 21.1 Å². The SMILES string of the molecule is CCOc1ccc(Cn2cc([C@@H]3O[C@H](CO)[C@@H](O)[C@H](O)[C@H]3O)c3cc(C)cc(Cl)c32)cc1. The summed E-state index contributed by atoms with van der Waals surface area (Å²) in [5, 5.41) is 42.0. The Kier molecular flexibility index (Phi) is 6.76. The van der Waals surface area contributed by atoms with E-state index in [0.29, 0.717) is 23.7 Å². The van der Waals surface area contributed by atoms with Gasteiger partial charge in [0.15, 0.2) is 0 Å². The van der Waals surface area contributed by atoms with E-state index in [1.165, 1.54) is 0 Å². The zero-order valence-corrected chi connectivity index (χ0v) is 18.7. The number of aliphatic hydroxyl groups excluding tert-OH is 4. The summed E-state index contributed by atoms with van der Waals surface area (Å²) < 4.78 is 13.3. The molecule has 4 rings (SSSR count). The van der Waals surface area contributed by atoms with E-state index in [2.05, 4.69) is 0 Å². The van der Waals surface area contributed by atoms with Crippen LogP contribution in [0.2, 0.25) is 5.02 Å². The summed E-state index contributed by atoms with van der Waals surface area (Å²) in [7, 11) is 0. The van der Waals surface area contributed by atoms with Gasteiger partial charge in [-0.25, -0.2) is 0 Å². The second kappa shape index (κ2) is 9.39. The van der Waals surface area contributed by atoms with Crippen molar-refractivity contribution in [1.82, 2.24) is 4.57 Å². The van der Waals surface area contributed by atoms with Gasteiger partial charge in [0.1, 0.15) is 36.3 Å². The molecule has 0 radical (unpaired) electrons. The summed E-state index contributed by atoms with van der Waals surface area (Å²) in [6, 6.07) is 11.6. The van der Waals surface area contributed by atoms with E-state index in [1.807, 2.05) is 61.0 Å². The lowest BCUT2D eigenvalue weighted by atomic mass is 9.91. The summed E-state index contributed by atoms with van der Waals surface area (Å²) in [6.45, 7) is 4.49. The molecular weight excluding hydrogens is 434 g/mol. The van der Waals surface area contributed by atoms with E-state index >= 15 is 0 Å². The smallest absolute Gasteiger partial charge is 0.119 e. The molecule has 0 spiro atoms. The average molecular weight is 462 g/mol. The van der Waals surface area contributed by atoms with Crippen molar-refractivity contribution in [2.24, 2.45) is 0 Å². The Bertz CT molecular complexity index is 1080. The molecule has 1 fully saturated rings. The molecule has 4 N–H and O–H groups in total. The molecule has 1 aliphatic heterocycles. The summed E-state index contributed by atoms with van der Waals surface area (Å²) >= 11 is 6.62. The lowest BCUT2D eigenvalue weighted by Gasteiger charge is -2.40. The average Bonchev–Trinajstić information content (AvgIpc) is 3.12. The van der Waals surface area contributed by atoms with Crippen LogP contribution in [0.3, 0.4) is 0 Å². The molecule has 5 atom stereocenters. The minimum atomic E-state index is -1.45. The molecule has 1 aliphatic rings. The molecule has 32 heavy (non-hydrogen) atoms. The molecule has 172 valence electrons. The topological polar surface area (TPSA) is 104 Å². The number of rotatable bonds is 6. The number of fused-ring (bicyclic) bond motifs is 1. The largest absolute Gasteiger partial charge is 0.494 e. The fourth-order valence-electron chi connectivity index (χ4n) is 4.31. The van der Waals surface area contributed by atoms with Gasteiger partial charge in [-0.2, -0.15) is 0 Å². The number of aryl methyl sites for hydroxylation is 1. The van der Waals surface area contributed by atoms with Crippen LogP contribution in [0, 0.1) is 6.92 Å². The number of aliphatic hydroxyl groups is 4. The first-order chi connectivity index (χ1) is 15.3. The Morgan fingerprint density at radius 3 is 2.44 bits per heavy atom. The summed E-state index contributed by atoms with van der Waals surface area (Å²) in [6.07, 6.45) is -4.30. The van der Waals surface area contributed by atoms with E-state index < -0.39 is 37.1 Å². The maximum Gasteiger partial charge on any atom is 0.119 e. The summed E-state index contributed by atoms with van der Waals surface area (Å²) in [5.74, 6) is 0.796. The van der Waals surface area contributed by atoms with Gasteiger partial charge in [-0.05, 0) is 49.2 Å². The van der Waals surface area contributed by atoms with Gasteiger partial charge in [0.25, 0.3) is 0 Å². The number of ether oxygens (including phenoxy) is 2. The number of hydrogen-bond acceptors (Lipinski definition) is 6. The van der Waals surface area contributed by atoms with Crippen LogP contribution in [0.1, 0.15) is 29.7 Å². The van der Waals surface area contributed by atoms with Crippen LogP contribution < -0.4 is 4.74 Å². The first kappa shape index (κ1) is 23.0. The Labute approximate surface area is 191 Å². The second-order valence-electron chi connectivity index (χ2n) is 8.18. The molecule has 7 nitrogen and oxygen atoms in total.